The van der Waals surface area contributed by atoms with Crippen LogP contribution >= 0.6 is 0 Å². The first-order valence-corrected chi connectivity index (χ1v) is 3.99. The molecule has 0 aromatic carbocycles. The molecule has 0 aliphatic heterocycles. The van der Waals surface area contributed by atoms with Gasteiger partial charge in [-0.25, -0.2) is 9.97 Å². The Labute approximate surface area is 74.8 Å². The topological polar surface area (TPSA) is 77.0 Å². The van der Waals surface area contributed by atoms with Crippen LogP contribution in [0.25, 0.3) is 11.0 Å². The molecule has 0 amide bonds. The lowest BCUT2D eigenvalue weighted by atomic mass is 10.4. The zero-order valence-electron chi connectivity index (χ0n) is 7.01. The molecule has 0 unspecified atom stereocenters. The third kappa shape index (κ3) is 1.23. The number of nitrogen functional groups attached to an aromatic ring is 1. The average molecular weight is 178 g/mol. The minimum Gasteiger partial charge on any atom is -0.395 e. The Bertz CT molecular complexity index is 423. The Kier molecular flexibility index (Phi) is 1.86. The van der Waals surface area contributed by atoms with Crippen molar-refractivity contribution in [2.24, 2.45) is 0 Å². The number of rotatable bonds is 2. The fourth-order valence-electron chi connectivity index (χ4n) is 1.35. The van der Waals surface area contributed by atoms with Crippen molar-refractivity contribution in [3.8, 4) is 0 Å². The molecule has 68 valence electrons. The van der Waals surface area contributed by atoms with Gasteiger partial charge < -0.3 is 15.4 Å². The van der Waals surface area contributed by atoms with Crippen LogP contribution in [0.15, 0.2) is 18.6 Å². The second-order valence-corrected chi connectivity index (χ2v) is 2.73. The fraction of sp³-hybridized carbons (Fsp3) is 0.250. The number of hydrogen-bond acceptors (Lipinski definition) is 4. The Balaban J connectivity index is 2.64. The van der Waals surface area contributed by atoms with Crippen LogP contribution in [-0.2, 0) is 6.54 Å². The summed E-state index contributed by atoms with van der Waals surface area (Å²) in [6, 6.07) is 1.85. The lowest BCUT2D eigenvalue weighted by Crippen LogP contribution is -2.03. The van der Waals surface area contributed by atoms with Crippen LogP contribution in [-0.4, -0.2) is 26.2 Å². The number of fused-ring (bicyclic) bond motifs is 1. The number of nitrogens with zero attached hydrogens (tertiary/aromatic N) is 3. The van der Waals surface area contributed by atoms with Crippen molar-refractivity contribution in [1.82, 2.24) is 14.5 Å². The van der Waals surface area contributed by atoms with E-state index in [4.69, 9.17) is 10.8 Å². The largest absolute Gasteiger partial charge is 0.395 e. The van der Waals surface area contributed by atoms with Crippen LogP contribution < -0.4 is 5.73 Å². The monoisotopic (exact) mass is 178 g/mol. The normalized spacial score (nSPS) is 10.8. The SMILES string of the molecule is Nc1ncnc2ccn(CCO)c12. The molecule has 0 radical (unpaired) electrons. The molecule has 0 aliphatic carbocycles. The molecule has 0 spiro atoms. The molecule has 0 aliphatic rings. The minimum atomic E-state index is 0.0815. The molecule has 0 fully saturated rings. The maximum absolute atomic E-state index is 8.79. The lowest BCUT2D eigenvalue weighted by Gasteiger charge is -2.02. The molecule has 13 heavy (non-hydrogen) atoms. The van der Waals surface area contributed by atoms with E-state index in [1.54, 1.807) is 0 Å². The quantitative estimate of drug-likeness (QED) is 0.678. The first-order chi connectivity index (χ1) is 6.33. The van der Waals surface area contributed by atoms with Crippen molar-refractivity contribution in [2.45, 2.75) is 6.54 Å². The Morgan fingerprint density at radius 2 is 2.31 bits per heavy atom. The predicted molar refractivity (Wildman–Crippen MR) is 49.0 cm³/mol. The van der Waals surface area contributed by atoms with Gasteiger partial charge in [0.2, 0.25) is 0 Å². The van der Waals surface area contributed by atoms with Crippen molar-refractivity contribution in [3.63, 3.8) is 0 Å². The molecule has 2 aromatic rings. The molecule has 3 N–H and O–H groups in total. The van der Waals surface area contributed by atoms with Gasteiger partial charge in [0.15, 0.2) is 5.82 Å². The summed E-state index contributed by atoms with van der Waals surface area (Å²) in [6.07, 6.45) is 3.27. The highest BCUT2D eigenvalue weighted by molar-refractivity contribution is 5.84. The van der Waals surface area contributed by atoms with E-state index in [2.05, 4.69) is 9.97 Å². The summed E-state index contributed by atoms with van der Waals surface area (Å²) in [5.74, 6) is 0.448. The molecule has 2 rings (SSSR count). The van der Waals surface area contributed by atoms with Crippen LogP contribution in [0, 0.1) is 0 Å². The summed E-state index contributed by atoms with van der Waals surface area (Å²) < 4.78 is 1.84. The Morgan fingerprint density at radius 3 is 3.08 bits per heavy atom. The van der Waals surface area contributed by atoms with Gasteiger partial charge in [-0.2, -0.15) is 0 Å². The molecule has 5 nitrogen and oxygen atoms in total. The van der Waals surface area contributed by atoms with Gasteiger partial charge in [0.05, 0.1) is 12.1 Å². The highest BCUT2D eigenvalue weighted by Crippen LogP contribution is 2.17. The Hall–Kier alpha value is -1.62. The van der Waals surface area contributed by atoms with E-state index in [0.29, 0.717) is 12.4 Å². The van der Waals surface area contributed by atoms with Crippen molar-refractivity contribution in [1.29, 1.82) is 0 Å². The van der Waals surface area contributed by atoms with Crippen molar-refractivity contribution < 1.29 is 5.11 Å². The van der Waals surface area contributed by atoms with Crippen molar-refractivity contribution in [3.05, 3.63) is 18.6 Å². The first-order valence-electron chi connectivity index (χ1n) is 3.99. The second kappa shape index (κ2) is 3.02. The zero-order valence-corrected chi connectivity index (χ0v) is 7.01. The minimum absolute atomic E-state index is 0.0815. The predicted octanol–water partition coefficient (Wildman–Crippen LogP) is 0.00580. The van der Waals surface area contributed by atoms with E-state index in [1.807, 2.05) is 16.8 Å². The van der Waals surface area contributed by atoms with E-state index in [9.17, 15) is 0 Å². The third-order valence-corrected chi connectivity index (χ3v) is 1.92. The second-order valence-electron chi connectivity index (χ2n) is 2.73. The maximum atomic E-state index is 8.79. The van der Waals surface area contributed by atoms with Gasteiger partial charge in [0.25, 0.3) is 0 Å². The van der Waals surface area contributed by atoms with Gasteiger partial charge in [-0.05, 0) is 6.07 Å². The molecular formula is C8H10N4O. The van der Waals surface area contributed by atoms with Gasteiger partial charge >= 0.3 is 0 Å². The summed E-state index contributed by atoms with van der Waals surface area (Å²) in [7, 11) is 0. The summed E-state index contributed by atoms with van der Waals surface area (Å²) in [4.78, 5) is 7.94. The van der Waals surface area contributed by atoms with Gasteiger partial charge in [-0.3, -0.25) is 0 Å². The maximum Gasteiger partial charge on any atom is 0.151 e. The third-order valence-electron chi connectivity index (χ3n) is 1.92. The number of nitrogens with two attached hydrogens (primary N) is 1. The van der Waals surface area contributed by atoms with Gasteiger partial charge in [-0.15, -0.1) is 0 Å². The lowest BCUT2D eigenvalue weighted by molar-refractivity contribution is 0.278. The molecule has 5 heteroatoms. The highest BCUT2D eigenvalue weighted by Gasteiger charge is 2.04. The van der Waals surface area contributed by atoms with Gasteiger partial charge in [0.1, 0.15) is 11.8 Å². The highest BCUT2D eigenvalue weighted by atomic mass is 16.3. The smallest absolute Gasteiger partial charge is 0.151 e. The molecule has 2 heterocycles. The van der Waals surface area contributed by atoms with Crippen LogP contribution in [0.4, 0.5) is 5.82 Å². The molecule has 0 bridgehead atoms. The van der Waals surface area contributed by atoms with Crippen LogP contribution in [0.1, 0.15) is 0 Å². The van der Waals surface area contributed by atoms with E-state index in [0.717, 1.165) is 11.0 Å². The fourth-order valence-corrected chi connectivity index (χ4v) is 1.35. The van der Waals surface area contributed by atoms with Crippen molar-refractivity contribution >= 4 is 16.9 Å². The van der Waals surface area contributed by atoms with E-state index >= 15 is 0 Å². The van der Waals surface area contributed by atoms with E-state index < -0.39 is 0 Å². The van der Waals surface area contributed by atoms with Crippen molar-refractivity contribution in [2.75, 3.05) is 12.3 Å². The summed E-state index contributed by atoms with van der Waals surface area (Å²) in [5, 5.41) is 8.79. The molecule has 0 saturated carbocycles. The summed E-state index contributed by atoms with van der Waals surface area (Å²) in [6.45, 7) is 0.596. The van der Waals surface area contributed by atoms with Crippen LogP contribution in [0.2, 0.25) is 0 Å². The zero-order chi connectivity index (χ0) is 9.26. The molecule has 0 saturated heterocycles. The number of aliphatic hydroxyl groups is 1. The first kappa shape index (κ1) is 8.00. The summed E-state index contributed by atoms with van der Waals surface area (Å²) >= 11 is 0. The standard InChI is InChI=1S/C8H10N4O/c9-8-7-6(10-5-11-8)1-2-12(7)3-4-13/h1-2,5,13H,3-4H2,(H2,9,10,11). The average Bonchev–Trinajstić information content (AvgIpc) is 2.51. The summed E-state index contributed by atoms with van der Waals surface area (Å²) in [5.41, 5.74) is 7.27. The van der Waals surface area contributed by atoms with E-state index in [-0.39, 0.29) is 6.61 Å². The molecular weight excluding hydrogens is 168 g/mol. The van der Waals surface area contributed by atoms with Crippen LogP contribution in [0.5, 0.6) is 0 Å². The number of aliphatic hydroxyl groups excluding tert-OH is 1. The number of anilines is 1. The molecule has 2 aromatic heterocycles. The molecule has 0 atom stereocenters. The van der Waals surface area contributed by atoms with Crippen LogP contribution in [0.3, 0.4) is 0 Å². The number of aromatic nitrogens is 3. The Morgan fingerprint density at radius 1 is 1.46 bits per heavy atom. The number of hydrogen-bond donors (Lipinski definition) is 2. The van der Waals surface area contributed by atoms with Gasteiger partial charge in [-0.1, -0.05) is 0 Å². The van der Waals surface area contributed by atoms with Gasteiger partial charge in [0, 0.05) is 12.7 Å². The van der Waals surface area contributed by atoms with E-state index in [1.165, 1.54) is 6.33 Å².